The van der Waals surface area contributed by atoms with Gasteiger partial charge in [0.15, 0.2) is 6.20 Å². The van der Waals surface area contributed by atoms with Crippen LogP contribution in [0.4, 0.5) is 17.1 Å². The molecule has 1 unspecified atom stereocenters. The molecule has 0 aliphatic carbocycles. The molecule has 0 spiro atoms. The smallest absolute Gasteiger partial charge is 0.251 e. The highest BCUT2D eigenvalue weighted by Gasteiger charge is 2.44. The van der Waals surface area contributed by atoms with Gasteiger partial charge >= 0.3 is 0 Å². The van der Waals surface area contributed by atoms with E-state index in [1.807, 2.05) is 30.7 Å². The number of carbonyl (C=O) groups excluding carboxylic acids is 1. The van der Waals surface area contributed by atoms with Crippen molar-refractivity contribution < 1.29 is 9.50 Å². The molecule has 2 fully saturated rings. The zero-order valence-electron chi connectivity index (χ0n) is 20.6. The standard InChI is InChI=1S/C27H30N8O/c1-18(2)33-15-24-12-23(33)16-34(24)21-5-3-20(4-6-21)30-35-10-9-32(17-25(35)14-29-31-35)22-7-8-26-19(11-22)13-28-27(26)36/h3-11,14,17-18,23-24,30-31H,12-13,15-16H2,1-2H3/p+1/t23-,24-,35?/m0/s1. The molecular formula is C27H31N8O+. The molecule has 184 valence electrons. The summed E-state index contributed by atoms with van der Waals surface area (Å²) in [4.78, 5) is 19.2. The van der Waals surface area contributed by atoms with E-state index in [9.17, 15) is 4.79 Å². The Balaban J connectivity index is 1.07. The average Bonchev–Trinajstić information content (AvgIpc) is 3.67. The van der Waals surface area contributed by atoms with Crippen LogP contribution in [0.5, 0.6) is 0 Å². The van der Waals surface area contributed by atoms with Gasteiger partial charge in [0.25, 0.3) is 5.91 Å². The van der Waals surface area contributed by atoms with Gasteiger partial charge in [0, 0.05) is 54.7 Å². The maximum absolute atomic E-state index is 11.9. The van der Waals surface area contributed by atoms with Crippen LogP contribution < -0.4 is 26.1 Å². The molecule has 2 aromatic rings. The first kappa shape index (κ1) is 21.5. The number of amides is 1. The number of piperazine rings is 1. The summed E-state index contributed by atoms with van der Waals surface area (Å²) in [6.45, 7) is 7.46. The second-order valence-electron chi connectivity index (χ2n) is 10.5. The van der Waals surface area contributed by atoms with E-state index in [1.165, 1.54) is 12.1 Å². The number of hydrazone groups is 1. The Bertz CT molecular complexity index is 1320. The van der Waals surface area contributed by atoms with Crippen molar-refractivity contribution in [2.24, 2.45) is 5.10 Å². The molecule has 36 heavy (non-hydrogen) atoms. The molecule has 3 N–H and O–H groups in total. The lowest BCUT2D eigenvalue weighted by Crippen LogP contribution is -2.53. The van der Waals surface area contributed by atoms with Crippen molar-refractivity contribution in [3.8, 4) is 0 Å². The first-order valence-electron chi connectivity index (χ1n) is 12.7. The van der Waals surface area contributed by atoms with Gasteiger partial charge in [-0.1, -0.05) is 0 Å². The molecular weight excluding hydrogens is 452 g/mol. The predicted molar refractivity (Wildman–Crippen MR) is 141 cm³/mol. The van der Waals surface area contributed by atoms with Gasteiger partial charge in [-0.15, -0.1) is 10.6 Å². The fourth-order valence-corrected chi connectivity index (χ4v) is 6.18. The van der Waals surface area contributed by atoms with Gasteiger partial charge in [0.2, 0.25) is 5.70 Å². The number of nitrogens with zero attached hydrogens (tertiary/aromatic N) is 5. The molecule has 9 heteroatoms. The lowest BCUT2D eigenvalue weighted by atomic mass is 10.1. The predicted octanol–water partition coefficient (Wildman–Crippen LogP) is 3.08. The summed E-state index contributed by atoms with van der Waals surface area (Å²) < 4.78 is 0.207. The summed E-state index contributed by atoms with van der Waals surface area (Å²) in [5.41, 5.74) is 12.8. The van der Waals surface area contributed by atoms with Gasteiger partial charge in [-0.05, 0) is 73.0 Å². The largest absolute Gasteiger partial charge is 0.366 e. The number of quaternary nitrogens is 1. The van der Waals surface area contributed by atoms with E-state index in [0.29, 0.717) is 24.7 Å². The van der Waals surface area contributed by atoms with E-state index in [-0.39, 0.29) is 10.6 Å². The minimum atomic E-state index is -0.00288. The molecule has 2 aromatic carbocycles. The maximum atomic E-state index is 11.9. The van der Waals surface area contributed by atoms with E-state index < -0.39 is 0 Å². The highest BCUT2D eigenvalue weighted by atomic mass is 16.1. The topological polar surface area (TPSA) is 75.2 Å². The van der Waals surface area contributed by atoms with Crippen LogP contribution in [0.3, 0.4) is 0 Å². The molecule has 2 saturated heterocycles. The maximum Gasteiger partial charge on any atom is 0.251 e. The number of fused-ring (bicyclic) bond motifs is 4. The minimum absolute atomic E-state index is 0.00288. The van der Waals surface area contributed by atoms with E-state index in [4.69, 9.17) is 0 Å². The second kappa shape index (κ2) is 7.84. The average molecular weight is 484 g/mol. The zero-order chi connectivity index (χ0) is 24.4. The van der Waals surface area contributed by atoms with Crippen LogP contribution in [-0.4, -0.2) is 52.9 Å². The first-order chi connectivity index (χ1) is 17.5. The minimum Gasteiger partial charge on any atom is -0.366 e. The Labute approximate surface area is 210 Å². The van der Waals surface area contributed by atoms with Crippen molar-refractivity contribution in [2.45, 2.75) is 44.9 Å². The monoisotopic (exact) mass is 483 g/mol. The van der Waals surface area contributed by atoms with Crippen molar-refractivity contribution >= 4 is 29.2 Å². The van der Waals surface area contributed by atoms with Gasteiger partial charge in [-0.25, -0.2) is 5.43 Å². The van der Waals surface area contributed by atoms with Crippen molar-refractivity contribution in [2.75, 3.05) is 28.3 Å². The summed E-state index contributed by atoms with van der Waals surface area (Å²) >= 11 is 0. The third-order valence-electron chi connectivity index (χ3n) is 8.06. The van der Waals surface area contributed by atoms with Crippen LogP contribution in [0.2, 0.25) is 0 Å². The highest BCUT2D eigenvalue weighted by Crippen LogP contribution is 2.36. The zero-order valence-corrected chi connectivity index (χ0v) is 20.6. The summed E-state index contributed by atoms with van der Waals surface area (Å²) in [6.07, 6.45) is 9.20. The molecule has 1 amide bonds. The Hall–Kier alpha value is -3.82. The number of benzene rings is 2. The third-order valence-corrected chi connectivity index (χ3v) is 8.06. The van der Waals surface area contributed by atoms with Crippen molar-refractivity contribution in [3.63, 3.8) is 0 Å². The van der Waals surface area contributed by atoms with Crippen LogP contribution >= 0.6 is 0 Å². The van der Waals surface area contributed by atoms with E-state index >= 15 is 0 Å². The fourth-order valence-electron chi connectivity index (χ4n) is 6.18. The highest BCUT2D eigenvalue weighted by molar-refractivity contribution is 5.98. The first-order valence-corrected chi connectivity index (χ1v) is 12.7. The summed E-state index contributed by atoms with van der Waals surface area (Å²) in [5, 5.41) is 7.22. The summed E-state index contributed by atoms with van der Waals surface area (Å²) in [6, 6.07) is 16.6. The normalized spacial score (nSPS) is 27.9. The van der Waals surface area contributed by atoms with Crippen LogP contribution in [-0.2, 0) is 6.54 Å². The number of hydrogen-bond donors (Lipinski definition) is 3. The van der Waals surface area contributed by atoms with Gasteiger partial charge in [0.05, 0.1) is 18.1 Å². The molecule has 0 aromatic heterocycles. The number of hydrogen-bond acceptors (Lipinski definition) is 7. The van der Waals surface area contributed by atoms with Crippen molar-refractivity contribution in [1.82, 2.24) is 15.8 Å². The summed E-state index contributed by atoms with van der Waals surface area (Å²) in [5.74, 6) is -0.00288. The van der Waals surface area contributed by atoms with Crippen LogP contribution in [0, 0.1) is 0 Å². The fraction of sp³-hybridized carbons (Fsp3) is 0.333. The van der Waals surface area contributed by atoms with Crippen molar-refractivity contribution in [3.05, 3.63) is 77.9 Å². The lowest BCUT2D eigenvalue weighted by Gasteiger charge is -2.37. The molecule has 3 atom stereocenters. The lowest BCUT2D eigenvalue weighted by molar-refractivity contribution is -0.857. The van der Waals surface area contributed by atoms with Gasteiger partial charge < -0.3 is 15.1 Å². The Morgan fingerprint density at radius 3 is 2.69 bits per heavy atom. The molecule has 5 heterocycles. The number of carbonyl (C=O) groups is 1. The quantitative estimate of drug-likeness (QED) is 0.568. The van der Waals surface area contributed by atoms with Gasteiger partial charge in [-0.3, -0.25) is 9.69 Å². The van der Waals surface area contributed by atoms with Crippen molar-refractivity contribution in [1.29, 1.82) is 0 Å². The Morgan fingerprint density at radius 1 is 1.08 bits per heavy atom. The van der Waals surface area contributed by atoms with Gasteiger partial charge in [-0.2, -0.15) is 0 Å². The molecule has 9 nitrogen and oxygen atoms in total. The Morgan fingerprint density at radius 2 is 1.92 bits per heavy atom. The molecule has 5 aliphatic rings. The molecule has 0 saturated carbocycles. The number of allylic oxidation sites excluding steroid dienone is 1. The van der Waals surface area contributed by atoms with Crippen LogP contribution in [0.15, 0.2) is 71.9 Å². The van der Waals surface area contributed by atoms with E-state index in [0.717, 1.165) is 41.3 Å². The van der Waals surface area contributed by atoms with Crippen LogP contribution in [0.1, 0.15) is 36.2 Å². The number of rotatable bonds is 5. The molecule has 5 aliphatic heterocycles. The number of nitrogens with one attached hydrogen (secondary N) is 3. The SMILES string of the molecule is CC(C)N1C[C@@H]2C[C@H]1CN2c1ccc(N[N+]23C=CN(c4ccc5c(c4)CNC5=O)C=C2C=NN3)cc1. The molecule has 2 bridgehead atoms. The Kier molecular flexibility index (Phi) is 4.67. The number of likely N-dealkylation sites (tertiary alicyclic amines) is 1. The second-order valence-corrected chi connectivity index (χ2v) is 10.5. The van der Waals surface area contributed by atoms with Gasteiger partial charge in [0.1, 0.15) is 6.21 Å². The number of anilines is 3. The summed E-state index contributed by atoms with van der Waals surface area (Å²) in [7, 11) is 0. The van der Waals surface area contributed by atoms with Crippen LogP contribution in [0.25, 0.3) is 0 Å². The van der Waals surface area contributed by atoms with E-state index in [2.05, 4.69) is 86.5 Å². The molecule has 7 rings (SSSR count). The molecule has 0 radical (unpaired) electrons. The van der Waals surface area contributed by atoms with E-state index in [1.54, 1.807) is 0 Å². The third kappa shape index (κ3) is 3.30.